The first kappa shape index (κ1) is 18.9. The maximum atomic E-state index is 11.9. The molecule has 0 fully saturated rings. The summed E-state index contributed by atoms with van der Waals surface area (Å²) in [7, 11) is 3.10. The summed E-state index contributed by atoms with van der Waals surface area (Å²) in [6.07, 6.45) is 3.01. The van der Waals surface area contributed by atoms with Crippen LogP contribution in [0.5, 0.6) is 11.5 Å². The zero-order valence-corrected chi connectivity index (χ0v) is 14.8. The molecule has 8 nitrogen and oxygen atoms in total. The van der Waals surface area contributed by atoms with E-state index < -0.39 is 5.91 Å². The van der Waals surface area contributed by atoms with Gasteiger partial charge in [0.1, 0.15) is 0 Å². The summed E-state index contributed by atoms with van der Waals surface area (Å²) in [6.45, 7) is 1.56. The predicted octanol–water partition coefficient (Wildman–Crippen LogP) is 1.37. The molecule has 0 bridgehead atoms. The van der Waals surface area contributed by atoms with Crippen molar-refractivity contribution in [1.82, 2.24) is 15.7 Å². The van der Waals surface area contributed by atoms with E-state index in [0.717, 1.165) is 5.56 Å². The van der Waals surface area contributed by atoms with Gasteiger partial charge in [-0.2, -0.15) is 5.10 Å². The van der Waals surface area contributed by atoms with Crippen molar-refractivity contribution in [2.45, 2.75) is 6.92 Å². The van der Waals surface area contributed by atoms with Gasteiger partial charge < -0.3 is 14.8 Å². The van der Waals surface area contributed by atoms with Crippen molar-refractivity contribution in [3.63, 3.8) is 0 Å². The summed E-state index contributed by atoms with van der Waals surface area (Å²) in [5.74, 6) is 0.373. The number of carbonyl (C=O) groups excluding carboxylic acids is 2. The van der Waals surface area contributed by atoms with E-state index in [1.165, 1.54) is 12.4 Å². The second kappa shape index (κ2) is 9.16. The van der Waals surface area contributed by atoms with Gasteiger partial charge in [0.05, 0.1) is 26.5 Å². The second-order valence-corrected chi connectivity index (χ2v) is 5.22. The number of carbonyl (C=O) groups is 2. The number of aromatic nitrogens is 1. The minimum Gasteiger partial charge on any atom is -0.493 e. The minimum absolute atomic E-state index is 0.191. The molecule has 2 amide bonds. The van der Waals surface area contributed by atoms with Crippen molar-refractivity contribution in [2.24, 2.45) is 5.10 Å². The lowest BCUT2D eigenvalue weighted by Crippen LogP contribution is -2.35. The summed E-state index contributed by atoms with van der Waals surface area (Å²) in [5, 5.41) is 6.55. The van der Waals surface area contributed by atoms with E-state index in [4.69, 9.17) is 9.47 Å². The number of amides is 2. The third-order valence-corrected chi connectivity index (χ3v) is 3.50. The van der Waals surface area contributed by atoms with Gasteiger partial charge in [-0.15, -0.1) is 0 Å². The predicted molar refractivity (Wildman–Crippen MR) is 96.5 cm³/mol. The first-order valence-corrected chi connectivity index (χ1v) is 7.79. The number of hydrazone groups is 1. The fourth-order valence-electron chi connectivity index (χ4n) is 2.08. The molecule has 0 spiro atoms. The number of methoxy groups -OCH3 is 2. The smallest absolute Gasteiger partial charge is 0.259 e. The fraction of sp³-hybridized carbons (Fsp3) is 0.222. The van der Waals surface area contributed by atoms with E-state index in [0.29, 0.717) is 22.8 Å². The van der Waals surface area contributed by atoms with Crippen LogP contribution in [0.15, 0.2) is 47.8 Å². The van der Waals surface area contributed by atoms with Crippen molar-refractivity contribution in [3.05, 3.63) is 53.9 Å². The molecule has 2 N–H and O–H groups in total. The van der Waals surface area contributed by atoms with Crippen LogP contribution in [-0.2, 0) is 4.79 Å². The molecule has 0 unspecified atom stereocenters. The summed E-state index contributed by atoms with van der Waals surface area (Å²) in [6, 6.07) is 8.44. The molecule has 0 saturated carbocycles. The molecule has 0 saturated heterocycles. The minimum atomic E-state index is -0.438. The van der Waals surface area contributed by atoms with Gasteiger partial charge in [-0.1, -0.05) is 0 Å². The molecule has 0 aliphatic rings. The Morgan fingerprint density at radius 3 is 2.38 bits per heavy atom. The van der Waals surface area contributed by atoms with Gasteiger partial charge in [0.25, 0.3) is 11.8 Å². The van der Waals surface area contributed by atoms with Crippen molar-refractivity contribution >= 4 is 17.5 Å². The van der Waals surface area contributed by atoms with Crippen LogP contribution in [0.3, 0.4) is 0 Å². The van der Waals surface area contributed by atoms with E-state index in [9.17, 15) is 9.59 Å². The summed E-state index contributed by atoms with van der Waals surface area (Å²) < 4.78 is 10.4. The number of rotatable bonds is 7. The highest BCUT2D eigenvalue weighted by Crippen LogP contribution is 2.27. The largest absolute Gasteiger partial charge is 0.493 e. The van der Waals surface area contributed by atoms with Crippen LogP contribution in [0, 0.1) is 0 Å². The Hall–Kier alpha value is -3.42. The fourth-order valence-corrected chi connectivity index (χ4v) is 2.08. The van der Waals surface area contributed by atoms with E-state index in [1.807, 2.05) is 0 Å². The number of ether oxygens (including phenoxy) is 2. The van der Waals surface area contributed by atoms with Gasteiger partial charge in [0.2, 0.25) is 0 Å². The van der Waals surface area contributed by atoms with Gasteiger partial charge in [0.15, 0.2) is 11.5 Å². The van der Waals surface area contributed by atoms with Crippen LogP contribution in [0.25, 0.3) is 0 Å². The Labute approximate surface area is 151 Å². The quantitative estimate of drug-likeness (QED) is 0.576. The molecular formula is C18H20N4O4. The summed E-state index contributed by atoms with van der Waals surface area (Å²) >= 11 is 0. The van der Waals surface area contributed by atoms with E-state index >= 15 is 0 Å². The number of hydrogen-bond donors (Lipinski definition) is 2. The lowest BCUT2D eigenvalue weighted by Gasteiger charge is -2.09. The molecule has 2 rings (SSSR count). The van der Waals surface area contributed by atoms with Crippen molar-refractivity contribution in [2.75, 3.05) is 20.8 Å². The van der Waals surface area contributed by atoms with Gasteiger partial charge in [-0.05, 0) is 37.3 Å². The van der Waals surface area contributed by atoms with Gasteiger partial charge in [0, 0.05) is 23.5 Å². The Kier molecular flexibility index (Phi) is 6.67. The highest BCUT2D eigenvalue weighted by molar-refractivity contribution is 6.00. The van der Waals surface area contributed by atoms with Gasteiger partial charge in [-0.3, -0.25) is 14.6 Å². The van der Waals surface area contributed by atoms with Gasteiger partial charge >= 0.3 is 0 Å². The third kappa shape index (κ3) is 5.04. The van der Waals surface area contributed by atoms with Crippen LogP contribution in [0.1, 0.15) is 22.8 Å². The molecule has 1 aromatic heterocycles. The van der Waals surface area contributed by atoms with Crippen LogP contribution in [0.2, 0.25) is 0 Å². The second-order valence-electron chi connectivity index (χ2n) is 5.22. The summed E-state index contributed by atoms with van der Waals surface area (Å²) in [4.78, 5) is 27.5. The Morgan fingerprint density at radius 2 is 1.73 bits per heavy atom. The molecule has 26 heavy (non-hydrogen) atoms. The number of pyridine rings is 1. The normalized spacial score (nSPS) is 10.8. The van der Waals surface area contributed by atoms with E-state index in [-0.39, 0.29) is 12.5 Å². The first-order chi connectivity index (χ1) is 12.5. The van der Waals surface area contributed by atoms with Crippen LogP contribution in [0.4, 0.5) is 0 Å². The number of nitrogens with zero attached hydrogens (tertiary/aromatic N) is 2. The lowest BCUT2D eigenvalue weighted by molar-refractivity contribution is -0.120. The van der Waals surface area contributed by atoms with E-state index in [1.54, 1.807) is 51.5 Å². The Morgan fingerprint density at radius 1 is 1.04 bits per heavy atom. The van der Waals surface area contributed by atoms with Crippen LogP contribution >= 0.6 is 0 Å². The molecule has 8 heteroatoms. The molecular weight excluding hydrogens is 336 g/mol. The number of benzene rings is 1. The highest BCUT2D eigenvalue weighted by atomic mass is 16.5. The summed E-state index contributed by atoms with van der Waals surface area (Å²) in [5.41, 5.74) is 4.18. The SMILES string of the molecule is COc1ccc(/C(C)=N\NC(=O)CNC(=O)c2ccncc2)cc1OC. The molecule has 136 valence electrons. The molecule has 1 heterocycles. The molecule has 0 aliphatic heterocycles. The molecule has 0 aliphatic carbocycles. The maximum Gasteiger partial charge on any atom is 0.259 e. The Balaban J connectivity index is 1.92. The zero-order chi connectivity index (χ0) is 18.9. The Bertz CT molecular complexity index is 806. The topological polar surface area (TPSA) is 102 Å². The maximum absolute atomic E-state index is 11.9. The van der Waals surface area contributed by atoms with Crippen molar-refractivity contribution in [1.29, 1.82) is 0 Å². The van der Waals surface area contributed by atoms with Crippen LogP contribution in [-0.4, -0.2) is 43.3 Å². The third-order valence-electron chi connectivity index (χ3n) is 3.50. The highest BCUT2D eigenvalue weighted by Gasteiger charge is 2.09. The van der Waals surface area contributed by atoms with E-state index in [2.05, 4.69) is 20.8 Å². The standard InChI is InChI=1S/C18H20N4O4/c1-12(14-4-5-15(25-2)16(10-14)26-3)21-22-17(23)11-20-18(24)13-6-8-19-9-7-13/h4-10H,11H2,1-3H3,(H,20,24)(H,22,23)/b21-12-. The van der Waals surface area contributed by atoms with Crippen molar-refractivity contribution < 1.29 is 19.1 Å². The monoisotopic (exact) mass is 356 g/mol. The van der Waals surface area contributed by atoms with Gasteiger partial charge in [-0.25, -0.2) is 5.43 Å². The van der Waals surface area contributed by atoms with Crippen LogP contribution < -0.4 is 20.2 Å². The first-order valence-electron chi connectivity index (χ1n) is 7.79. The number of nitrogens with one attached hydrogen (secondary N) is 2. The number of hydrogen-bond acceptors (Lipinski definition) is 6. The molecule has 0 radical (unpaired) electrons. The zero-order valence-electron chi connectivity index (χ0n) is 14.8. The average molecular weight is 356 g/mol. The lowest BCUT2D eigenvalue weighted by atomic mass is 10.1. The van der Waals surface area contributed by atoms with Crippen molar-refractivity contribution in [3.8, 4) is 11.5 Å². The molecule has 0 atom stereocenters. The average Bonchev–Trinajstić information content (AvgIpc) is 2.70. The molecule has 2 aromatic rings. The molecule has 1 aromatic carbocycles.